The van der Waals surface area contributed by atoms with Gasteiger partial charge < -0.3 is 18.9 Å². The molecule has 0 fully saturated rings. The Morgan fingerprint density at radius 3 is 2.49 bits per heavy atom. The number of hydrazone groups is 1. The lowest BCUT2D eigenvalue weighted by Crippen LogP contribution is -2.42. The van der Waals surface area contributed by atoms with E-state index >= 15 is 0 Å². The average Bonchev–Trinajstić information content (AvgIpc) is 2.91. The van der Waals surface area contributed by atoms with Crippen molar-refractivity contribution in [2.75, 3.05) is 13.7 Å². The van der Waals surface area contributed by atoms with Crippen LogP contribution in [0.4, 0.5) is 0 Å². The van der Waals surface area contributed by atoms with Crippen LogP contribution >= 0.6 is 0 Å². The van der Waals surface area contributed by atoms with Crippen molar-refractivity contribution in [2.45, 2.75) is 12.7 Å². The second kappa shape index (κ2) is 10.2. The first kappa shape index (κ1) is 22.3. The number of hydrogen-bond acceptors (Lipinski definition) is 6. The molecule has 0 unspecified atom stereocenters. The zero-order valence-corrected chi connectivity index (χ0v) is 19.1. The quantitative estimate of drug-likeness (QED) is 0.314. The van der Waals surface area contributed by atoms with Gasteiger partial charge in [-0.1, -0.05) is 54.6 Å². The molecule has 1 atom stereocenters. The predicted molar refractivity (Wildman–Crippen MR) is 133 cm³/mol. The molecule has 1 N–H and O–H groups in total. The van der Waals surface area contributed by atoms with Gasteiger partial charge in [0.25, 0.3) is 5.91 Å². The van der Waals surface area contributed by atoms with Crippen LogP contribution in [0.25, 0.3) is 10.8 Å². The topological polar surface area (TPSA) is 78.4 Å². The highest BCUT2D eigenvalue weighted by atomic mass is 16.6. The number of carbonyl (C=O) groups is 1. The van der Waals surface area contributed by atoms with Gasteiger partial charge in [0.15, 0.2) is 23.0 Å². The number of nitrogens with one attached hydrogen (secondary N) is 1. The number of rotatable bonds is 7. The Morgan fingerprint density at radius 2 is 1.71 bits per heavy atom. The minimum absolute atomic E-state index is 0.105. The molecule has 0 radical (unpaired) electrons. The molecule has 5 rings (SSSR count). The van der Waals surface area contributed by atoms with Crippen molar-refractivity contribution in [3.8, 4) is 23.0 Å². The van der Waals surface area contributed by atoms with E-state index in [9.17, 15) is 4.79 Å². The van der Waals surface area contributed by atoms with Gasteiger partial charge in [0, 0.05) is 0 Å². The van der Waals surface area contributed by atoms with E-state index in [2.05, 4.69) is 10.5 Å². The van der Waals surface area contributed by atoms with E-state index in [0.717, 1.165) is 21.9 Å². The molecular weight excluding hydrogens is 444 g/mol. The zero-order chi connectivity index (χ0) is 24.0. The van der Waals surface area contributed by atoms with Gasteiger partial charge in [0.2, 0.25) is 6.10 Å². The molecule has 0 aromatic heterocycles. The van der Waals surface area contributed by atoms with Gasteiger partial charge >= 0.3 is 0 Å². The fourth-order valence-corrected chi connectivity index (χ4v) is 3.75. The van der Waals surface area contributed by atoms with Gasteiger partial charge in [-0.3, -0.25) is 4.79 Å². The summed E-state index contributed by atoms with van der Waals surface area (Å²) in [5.41, 5.74) is 4.33. The second-order valence-corrected chi connectivity index (χ2v) is 7.98. The SMILES string of the molecule is COc1cc(C=NNC(=O)[C@@H]2COc3cc4ccccc4cc3O2)ccc1OCc1ccccc1. The monoisotopic (exact) mass is 468 g/mol. The van der Waals surface area contributed by atoms with Crippen LogP contribution in [0.5, 0.6) is 23.0 Å². The fraction of sp³-hybridized carbons (Fsp3) is 0.143. The maximum absolute atomic E-state index is 12.6. The highest BCUT2D eigenvalue weighted by molar-refractivity contribution is 5.88. The van der Waals surface area contributed by atoms with Crippen molar-refractivity contribution in [3.63, 3.8) is 0 Å². The van der Waals surface area contributed by atoms with Crippen molar-refractivity contribution in [1.29, 1.82) is 0 Å². The number of carbonyl (C=O) groups excluding carboxylic acids is 1. The van der Waals surface area contributed by atoms with Crippen molar-refractivity contribution in [1.82, 2.24) is 5.43 Å². The first-order valence-electron chi connectivity index (χ1n) is 11.2. The van der Waals surface area contributed by atoms with Crippen molar-refractivity contribution in [3.05, 3.63) is 96.1 Å². The zero-order valence-electron chi connectivity index (χ0n) is 19.1. The average molecular weight is 469 g/mol. The van der Waals surface area contributed by atoms with Crippen LogP contribution in [-0.4, -0.2) is 31.9 Å². The molecular formula is C28H24N2O5. The molecule has 0 bridgehead atoms. The van der Waals surface area contributed by atoms with Crippen molar-refractivity contribution >= 4 is 22.9 Å². The normalized spacial score (nSPS) is 14.6. The number of hydrogen-bond donors (Lipinski definition) is 1. The Bertz CT molecular complexity index is 1370. The Kier molecular flexibility index (Phi) is 6.48. The minimum atomic E-state index is -0.802. The van der Waals surface area contributed by atoms with E-state index in [1.54, 1.807) is 13.2 Å². The summed E-state index contributed by atoms with van der Waals surface area (Å²) in [6.07, 6.45) is 0.733. The van der Waals surface area contributed by atoms with Crippen LogP contribution in [-0.2, 0) is 11.4 Å². The molecule has 1 aliphatic heterocycles. The Labute approximate surface area is 202 Å². The summed E-state index contributed by atoms with van der Waals surface area (Å²) in [5, 5.41) is 6.13. The predicted octanol–water partition coefficient (Wildman–Crippen LogP) is 4.72. The number of fused-ring (bicyclic) bond motifs is 2. The van der Waals surface area contributed by atoms with E-state index in [4.69, 9.17) is 18.9 Å². The summed E-state index contributed by atoms with van der Waals surface area (Å²) in [6, 6.07) is 27.0. The number of benzene rings is 4. The van der Waals surface area contributed by atoms with Crippen LogP contribution in [0.1, 0.15) is 11.1 Å². The van der Waals surface area contributed by atoms with Crippen LogP contribution < -0.4 is 24.4 Å². The molecule has 0 saturated carbocycles. The molecule has 1 aliphatic rings. The van der Waals surface area contributed by atoms with E-state index < -0.39 is 12.0 Å². The van der Waals surface area contributed by atoms with Crippen LogP contribution in [0.2, 0.25) is 0 Å². The second-order valence-electron chi connectivity index (χ2n) is 7.98. The van der Waals surface area contributed by atoms with Gasteiger partial charge in [-0.15, -0.1) is 0 Å². The van der Waals surface area contributed by atoms with Crippen LogP contribution in [0, 0.1) is 0 Å². The molecule has 0 spiro atoms. The van der Waals surface area contributed by atoms with E-state index in [-0.39, 0.29) is 6.61 Å². The molecule has 0 aliphatic carbocycles. The number of nitrogens with zero attached hydrogens (tertiary/aromatic N) is 1. The third-order valence-corrected chi connectivity index (χ3v) is 5.58. The summed E-state index contributed by atoms with van der Waals surface area (Å²) < 4.78 is 23.0. The summed E-state index contributed by atoms with van der Waals surface area (Å²) in [6.45, 7) is 0.539. The van der Waals surface area contributed by atoms with Gasteiger partial charge in [0.1, 0.15) is 13.2 Å². The molecule has 176 valence electrons. The molecule has 35 heavy (non-hydrogen) atoms. The smallest absolute Gasteiger partial charge is 0.284 e. The number of methoxy groups -OCH3 is 1. The summed E-state index contributed by atoms with van der Waals surface area (Å²) in [7, 11) is 1.58. The van der Waals surface area contributed by atoms with Gasteiger partial charge in [-0.2, -0.15) is 5.10 Å². The largest absolute Gasteiger partial charge is 0.493 e. The highest BCUT2D eigenvalue weighted by Gasteiger charge is 2.27. The molecule has 7 heteroatoms. The van der Waals surface area contributed by atoms with Gasteiger partial charge in [-0.05, 0) is 52.2 Å². The third-order valence-electron chi connectivity index (χ3n) is 5.58. The van der Waals surface area contributed by atoms with Crippen molar-refractivity contribution in [2.24, 2.45) is 5.10 Å². The number of amides is 1. The minimum Gasteiger partial charge on any atom is -0.493 e. The summed E-state index contributed by atoms with van der Waals surface area (Å²) >= 11 is 0. The van der Waals surface area contributed by atoms with Gasteiger partial charge in [0.05, 0.1) is 13.3 Å². The molecule has 1 amide bonds. The summed E-state index contributed by atoms with van der Waals surface area (Å²) in [5.74, 6) is 1.96. The Hall–Kier alpha value is -4.52. The lowest BCUT2D eigenvalue weighted by molar-refractivity contribution is -0.130. The molecule has 4 aromatic rings. The molecule has 1 heterocycles. The summed E-state index contributed by atoms with van der Waals surface area (Å²) in [4.78, 5) is 12.6. The first-order chi connectivity index (χ1) is 17.2. The first-order valence-corrected chi connectivity index (χ1v) is 11.2. The van der Waals surface area contributed by atoms with E-state index in [1.165, 1.54) is 6.21 Å². The maximum atomic E-state index is 12.6. The van der Waals surface area contributed by atoms with Crippen molar-refractivity contribution < 1.29 is 23.7 Å². The highest BCUT2D eigenvalue weighted by Crippen LogP contribution is 2.36. The lowest BCUT2D eigenvalue weighted by atomic mass is 10.1. The van der Waals surface area contributed by atoms with E-state index in [1.807, 2.05) is 78.9 Å². The molecule has 4 aromatic carbocycles. The standard InChI is InChI=1S/C28H24N2O5/c1-32-24-13-20(11-12-23(24)33-17-19-7-3-2-4-8-19)16-29-30-28(31)27-18-34-25-14-21-9-5-6-10-22(21)15-26(25)35-27/h2-16,27H,17-18H2,1H3,(H,30,31)/t27-/m0/s1. The van der Waals surface area contributed by atoms with Crippen LogP contribution in [0.15, 0.2) is 90.0 Å². The Balaban J connectivity index is 1.19. The van der Waals surface area contributed by atoms with Crippen LogP contribution in [0.3, 0.4) is 0 Å². The lowest BCUT2D eigenvalue weighted by Gasteiger charge is -2.25. The Morgan fingerprint density at radius 1 is 0.971 bits per heavy atom. The number of ether oxygens (including phenoxy) is 4. The van der Waals surface area contributed by atoms with Gasteiger partial charge in [-0.25, -0.2) is 5.43 Å². The molecule has 0 saturated heterocycles. The fourth-order valence-electron chi connectivity index (χ4n) is 3.75. The third kappa shape index (κ3) is 5.19. The van der Waals surface area contributed by atoms with E-state index in [0.29, 0.717) is 29.6 Å². The maximum Gasteiger partial charge on any atom is 0.284 e. The molecule has 7 nitrogen and oxygen atoms in total.